The number of methoxy groups -OCH3 is 1. The van der Waals surface area contributed by atoms with Crippen LogP contribution >= 0.6 is 0 Å². The van der Waals surface area contributed by atoms with Crippen molar-refractivity contribution < 1.29 is 28.3 Å². The summed E-state index contributed by atoms with van der Waals surface area (Å²) in [5.74, 6) is -0.128. The van der Waals surface area contributed by atoms with Gasteiger partial charge in [0.15, 0.2) is 18.1 Å². The van der Waals surface area contributed by atoms with Crippen molar-refractivity contribution in [2.45, 2.75) is 13.8 Å². The van der Waals surface area contributed by atoms with Crippen LogP contribution in [0.3, 0.4) is 0 Å². The predicted molar refractivity (Wildman–Crippen MR) is 110 cm³/mol. The highest BCUT2D eigenvalue weighted by atomic mass is 16.5. The van der Waals surface area contributed by atoms with E-state index >= 15 is 0 Å². The van der Waals surface area contributed by atoms with Crippen LogP contribution < -0.4 is 14.8 Å². The van der Waals surface area contributed by atoms with Gasteiger partial charge in [-0.1, -0.05) is 35.0 Å². The summed E-state index contributed by atoms with van der Waals surface area (Å²) >= 11 is 0. The second kappa shape index (κ2) is 9.60. The topological polar surface area (TPSA) is 99.9 Å². The third-order valence-corrected chi connectivity index (χ3v) is 4.15. The summed E-state index contributed by atoms with van der Waals surface area (Å²) in [4.78, 5) is 24.3. The quantitative estimate of drug-likeness (QED) is 0.563. The molecule has 1 amide bonds. The zero-order valence-corrected chi connectivity index (χ0v) is 16.9. The Morgan fingerprint density at radius 2 is 1.83 bits per heavy atom. The van der Waals surface area contributed by atoms with Crippen LogP contribution in [0.4, 0.5) is 5.88 Å². The molecule has 0 aliphatic rings. The van der Waals surface area contributed by atoms with E-state index in [9.17, 15) is 9.59 Å². The van der Waals surface area contributed by atoms with Crippen molar-refractivity contribution >= 4 is 17.8 Å². The Morgan fingerprint density at radius 1 is 1.07 bits per heavy atom. The summed E-state index contributed by atoms with van der Waals surface area (Å²) in [7, 11) is 1.47. The van der Waals surface area contributed by atoms with E-state index in [-0.39, 0.29) is 11.4 Å². The van der Waals surface area contributed by atoms with Crippen LogP contribution in [0.25, 0.3) is 11.3 Å². The zero-order valence-electron chi connectivity index (χ0n) is 16.9. The Bertz CT molecular complexity index is 1030. The molecule has 3 rings (SSSR count). The van der Waals surface area contributed by atoms with Gasteiger partial charge in [-0.3, -0.25) is 10.1 Å². The number of rotatable bonds is 8. The van der Waals surface area contributed by atoms with Crippen molar-refractivity contribution in [1.29, 1.82) is 0 Å². The van der Waals surface area contributed by atoms with E-state index in [1.54, 1.807) is 12.1 Å². The number of benzene rings is 2. The number of ether oxygens (including phenoxy) is 3. The van der Waals surface area contributed by atoms with Crippen molar-refractivity contribution in [3.05, 3.63) is 59.7 Å². The van der Waals surface area contributed by atoms with E-state index in [2.05, 4.69) is 10.5 Å². The Hall–Kier alpha value is -3.81. The minimum atomic E-state index is -0.663. The van der Waals surface area contributed by atoms with Crippen LogP contribution in [-0.4, -0.2) is 37.4 Å². The second-order valence-electron chi connectivity index (χ2n) is 6.37. The molecule has 0 bridgehead atoms. The summed E-state index contributed by atoms with van der Waals surface area (Å²) in [5.41, 5.74) is 2.82. The summed E-state index contributed by atoms with van der Waals surface area (Å²) < 4.78 is 20.8. The molecule has 156 valence electrons. The van der Waals surface area contributed by atoms with Crippen LogP contribution in [0, 0.1) is 6.92 Å². The van der Waals surface area contributed by atoms with Crippen molar-refractivity contribution in [2.24, 2.45) is 0 Å². The lowest BCUT2D eigenvalue weighted by Crippen LogP contribution is -2.20. The molecule has 0 saturated carbocycles. The molecule has 0 atom stereocenters. The van der Waals surface area contributed by atoms with Crippen molar-refractivity contribution in [2.75, 3.05) is 25.6 Å². The first-order valence-corrected chi connectivity index (χ1v) is 9.31. The molecule has 1 aromatic heterocycles. The number of carbonyl (C=O) groups is 2. The fraction of sp³-hybridized carbons (Fsp3) is 0.227. The van der Waals surface area contributed by atoms with Gasteiger partial charge in [0.2, 0.25) is 5.88 Å². The Morgan fingerprint density at radius 3 is 2.53 bits per heavy atom. The molecule has 0 aliphatic heterocycles. The lowest BCUT2D eigenvalue weighted by molar-refractivity contribution is -0.119. The molecular formula is C22H22N2O6. The molecule has 0 saturated heterocycles. The number of hydrogen-bond acceptors (Lipinski definition) is 7. The first-order valence-electron chi connectivity index (χ1n) is 9.31. The van der Waals surface area contributed by atoms with E-state index in [0.29, 0.717) is 23.8 Å². The molecule has 8 heteroatoms. The Balaban J connectivity index is 1.56. The fourth-order valence-electron chi connectivity index (χ4n) is 2.65. The lowest BCUT2D eigenvalue weighted by atomic mass is 10.1. The minimum Gasteiger partial charge on any atom is -0.493 e. The Labute approximate surface area is 173 Å². The van der Waals surface area contributed by atoms with Crippen LogP contribution in [-0.2, 0) is 9.53 Å². The number of hydrogen-bond donors (Lipinski definition) is 1. The summed E-state index contributed by atoms with van der Waals surface area (Å²) in [5, 5.41) is 6.44. The smallest absolute Gasteiger partial charge is 0.338 e. The van der Waals surface area contributed by atoms with Gasteiger partial charge >= 0.3 is 5.97 Å². The fourth-order valence-corrected chi connectivity index (χ4v) is 2.65. The van der Waals surface area contributed by atoms with Crippen molar-refractivity contribution in [1.82, 2.24) is 5.16 Å². The number of nitrogens with one attached hydrogen (secondary N) is 1. The number of aromatic nitrogens is 1. The molecule has 8 nitrogen and oxygen atoms in total. The van der Waals surface area contributed by atoms with Gasteiger partial charge in [-0.05, 0) is 32.0 Å². The molecule has 0 unspecified atom stereocenters. The molecule has 0 radical (unpaired) electrons. The van der Waals surface area contributed by atoms with E-state index < -0.39 is 18.5 Å². The average Bonchev–Trinajstić information content (AvgIpc) is 3.21. The van der Waals surface area contributed by atoms with E-state index in [4.69, 9.17) is 18.7 Å². The van der Waals surface area contributed by atoms with E-state index in [1.807, 2.05) is 38.1 Å². The zero-order chi connectivity index (χ0) is 21.5. The van der Waals surface area contributed by atoms with Gasteiger partial charge < -0.3 is 18.7 Å². The number of carbonyl (C=O) groups excluding carboxylic acids is 2. The first kappa shape index (κ1) is 20.9. The first-order chi connectivity index (χ1) is 14.5. The minimum absolute atomic E-state index is 0.161. The number of nitrogens with zero attached hydrogens (tertiary/aromatic N) is 1. The molecule has 0 fully saturated rings. The molecular weight excluding hydrogens is 388 g/mol. The summed E-state index contributed by atoms with van der Waals surface area (Å²) in [6.07, 6.45) is 0. The predicted octanol–water partition coefficient (Wildman–Crippen LogP) is 3.85. The van der Waals surface area contributed by atoms with E-state index in [1.165, 1.54) is 19.2 Å². The largest absolute Gasteiger partial charge is 0.493 e. The maximum atomic E-state index is 12.2. The monoisotopic (exact) mass is 410 g/mol. The van der Waals surface area contributed by atoms with Crippen LogP contribution in [0.15, 0.2) is 53.1 Å². The van der Waals surface area contributed by atoms with Gasteiger partial charge in [-0.25, -0.2) is 4.79 Å². The van der Waals surface area contributed by atoms with Crippen molar-refractivity contribution in [3.8, 4) is 22.8 Å². The molecule has 3 aromatic rings. The summed E-state index contributed by atoms with van der Waals surface area (Å²) in [6.45, 7) is 3.82. The number of amides is 1. The van der Waals surface area contributed by atoms with Crippen LogP contribution in [0.2, 0.25) is 0 Å². The highest BCUT2D eigenvalue weighted by molar-refractivity contribution is 5.95. The molecule has 1 N–H and O–H groups in total. The highest BCUT2D eigenvalue weighted by Crippen LogP contribution is 2.28. The van der Waals surface area contributed by atoms with Gasteiger partial charge in [0.25, 0.3) is 5.91 Å². The molecule has 2 aromatic carbocycles. The van der Waals surface area contributed by atoms with Crippen LogP contribution in [0.5, 0.6) is 11.5 Å². The van der Waals surface area contributed by atoms with Gasteiger partial charge in [0, 0.05) is 11.6 Å². The van der Waals surface area contributed by atoms with Gasteiger partial charge in [-0.2, -0.15) is 0 Å². The van der Waals surface area contributed by atoms with Gasteiger partial charge in [0.1, 0.15) is 5.69 Å². The molecule has 0 aliphatic carbocycles. The van der Waals surface area contributed by atoms with E-state index in [0.717, 1.165) is 11.1 Å². The maximum absolute atomic E-state index is 12.2. The molecule has 1 heterocycles. The number of esters is 1. The SMILES string of the molecule is CCOc1ccc(C(=O)OCC(=O)Nc2cc(-c3ccc(C)cc3)no2)cc1OC. The average molecular weight is 410 g/mol. The molecule has 30 heavy (non-hydrogen) atoms. The summed E-state index contributed by atoms with van der Waals surface area (Å²) in [6, 6.07) is 14.0. The van der Waals surface area contributed by atoms with Crippen LogP contribution in [0.1, 0.15) is 22.8 Å². The van der Waals surface area contributed by atoms with Gasteiger partial charge in [0.05, 0.1) is 19.3 Å². The standard InChI is InChI=1S/C22H22N2O6/c1-4-28-18-10-9-16(11-19(18)27-3)22(26)29-13-20(25)23-21-12-17(24-30-21)15-7-5-14(2)6-8-15/h5-12H,4,13H2,1-3H3,(H,23,25). The number of aryl methyl sites for hydroxylation is 1. The lowest BCUT2D eigenvalue weighted by Gasteiger charge is -2.10. The third-order valence-electron chi connectivity index (χ3n) is 4.15. The normalized spacial score (nSPS) is 10.4. The maximum Gasteiger partial charge on any atom is 0.338 e. The second-order valence-corrected chi connectivity index (χ2v) is 6.37. The van der Waals surface area contributed by atoms with Gasteiger partial charge in [-0.15, -0.1) is 0 Å². The highest BCUT2D eigenvalue weighted by Gasteiger charge is 2.15. The third kappa shape index (κ3) is 5.16. The number of anilines is 1. The molecule has 0 spiro atoms. The Kier molecular flexibility index (Phi) is 6.69. The van der Waals surface area contributed by atoms with Crippen molar-refractivity contribution in [3.63, 3.8) is 0 Å².